The van der Waals surface area contributed by atoms with E-state index in [-0.39, 0.29) is 17.5 Å². The average molecular weight is 361 g/mol. The summed E-state index contributed by atoms with van der Waals surface area (Å²) in [5.74, 6) is -0.314. The fourth-order valence-electron chi connectivity index (χ4n) is 2.22. The molecule has 0 atom stereocenters. The van der Waals surface area contributed by atoms with Crippen LogP contribution < -0.4 is 9.64 Å². The molecule has 3 rings (SSSR count). The summed E-state index contributed by atoms with van der Waals surface area (Å²) in [6.07, 6.45) is 1.67. The summed E-state index contributed by atoms with van der Waals surface area (Å²) in [4.78, 5) is 14.4. The van der Waals surface area contributed by atoms with Crippen molar-refractivity contribution in [3.63, 3.8) is 0 Å². The maximum absolute atomic E-state index is 13.1. The van der Waals surface area contributed by atoms with Crippen LogP contribution in [-0.4, -0.2) is 22.4 Å². The van der Waals surface area contributed by atoms with E-state index in [1.165, 1.54) is 54.1 Å². The van der Waals surface area contributed by atoms with Gasteiger partial charge in [0.25, 0.3) is 5.91 Å². The molecule has 1 aliphatic rings. The Morgan fingerprint density at radius 3 is 2.62 bits per heavy atom. The molecular weight excluding hydrogens is 349 g/mol. The molecule has 0 aromatic heterocycles. The van der Waals surface area contributed by atoms with Crippen molar-refractivity contribution in [1.29, 1.82) is 0 Å². The molecule has 24 heavy (non-hydrogen) atoms. The first-order valence-corrected chi connectivity index (χ1v) is 8.12. The number of halogens is 1. The molecule has 0 bridgehead atoms. The number of amides is 1. The Hall–Kier alpha value is -2.38. The lowest BCUT2D eigenvalue weighted by Crippen LogP contribution is -2.27. The predicted octanol–water partition coefficient (Wildman–Crippen LogP) is 3.95. The number of phenolic OH excluding ortho intramolecular Hbond substituents is 1. The zero-order chi connectivity index (χ0) is 17.3. The second-order valence-electron chi connectivity index (χ2n) is 4.92. The second-order valence-corrected chi connectivity index (χ2v) is 6.60. The van der Waals surface area contributed by atoms with Crippen LogP contribution in [0.25, 0.3) is 6.08 Å². The number of hydrogen-bond acceptors (Lipinski definition) is 5. The zero-order valence-electron chi connectivity index (χ0n) is 12.5. The normalized spacial score (nSPS) is 16.1. The number of rotatable bonds is 3. The van der Waals surface area contributed by atoms with E-state index in [1.54, 1.807) is 18.2 Å². The number of benzene rings is 2. The summed E-state index contributed by atoms with van der Waals surface area (Å²) in [6.45, 7) is 0. The van der Waals surface area contributed by atoms with Gasteiger partial charge in [0, 0.05) is 0 Å². The second kappa shape index (κ2) is 6.62. The lowest BCUT2D eigenvalue weighted by Gasteiger charge is -2.14. The third-order valence-corrected chi connectivity index (χ3v) is 4.68. The average Bonchev–Trinajstić information content (AvgIpc) is 2.84. The largest absolute Gasteiger partial charge is 0.504 e. The predicted molar refractivity (Wildman–Crippen MR) is 96.7 cm³/mol. The van der Waals surface area contributed by atoms with Gasteiger partial charge in [-0.15, -0.1) is 0 Å². The van der Waals surface area contributed by atoms with E-state index in [4.69, 9.17) is 17.0 Å². The maximum atomic E-state index is 13.1. The SMILES string of the molecule is COc1cc(/C=C2\SC(=S)N(c3ccc(F)cc3)C2=O)ccc1O. The number of nitrogens with zero attached hydrogens (tertiary/aromatic N) is 1. The van der Waals surface area contributed by atoms with Crippen LogP contribution in [0.5, 0.6) is 11.5 Å². The van der Waals surface area contributed by atoms with E-state index in [0.29, 0.717) is 26.2 Å². The third-order valence-electron chi connectivity index (χ3n) is 3.38. The van der Waals surface area contributed by atoms with Crippen LogP contribution in [0.2, 0.25) is 0 Å². The molecule has 0 aliphatic carbocycles. The Bertz CT molecular complexity index is 849. The van der Waals surface area contributed by atoms with Crippen molar-refractivity contribution in [2.75, 3.05) is 12.0 Å². The number of anilines is 1. The van der Waals surface area contributed by atoms with E-state index in [9.17, 15) is 14.3 Å². The minimum atomic E-state index is -0.379. The van der Waals surface area contributed by atoms with E-state index in [0.717, 1.165) is 0 Å². The molecule has 1 saturated heterocycles. The molecule has 1 amide bonds. The van der Waals surface area contributed by atoms with Crippen molar-refractivity contribution in [3.05, 3.63) is 58.8 Å². The quantitative estimate of drug-likeness (QED) is 0.663. The zero-order valence-corrected chi connectivity index (χ0v) is 14.2. The van der Waals surface area contributed by atoms with Crippen molar-refractivity contribution in [2.24, 2.45) is 0 Å². The Labute approximate surface area is 147 Å². The molecule has 1 fully saturated rings. The van der Waals surface area contributed by atoms with Crippen molar-refractivity contribution < 1.29 is 19.0 Å². The lowest BCUT2D eigenvalue weighted by molar-refractivity contribution is -0.113. The highest BCUT2D eigenvalue weighted by Gasteiger charge is 2.33. The molecule has 4 nitrogen and oxygen atoms in total. The van der Waals surface area contributed by atoms with E-state index in [2.05, 4.69) is 0 Å². The topological polar surface area (TPSA) is 49.8 Å². The number of thiocarbonyl (C=S) groups is 1. The summed E-state index contributed by atoms with van der Waals surface area (Å²) in [5, 5.41) is 9.63. The van der Waals surface area contributed by atoms with Gasteiger partial charge in [-0.2, -0.15) is 0 Å². The molecule has 0 saturated carbocycles. The summed E-state index contributed by atoms with van der Waals surface area (Å²) in [5.41, 5.74) is 1.22. The van der Waals surface area contributed by atoms with Gasteiger partial charge in [0.2, 0.25) is 0 Å². The molecule has 1 N–H and O–H groups in total. The number of hydrogen-bond donors (Lipinski definition) is 1. The van der Waals surface area contributed by atoms with Gasteiger partial charge in [-0.25, -0.2) is 4.39 Å². The number of carbonyl (C=O) groups excluding carboxylic acids is 1. The highest BCUT2D eigenvalue weighted by molar-refractivity contribution is 8.27. The van der Waals surface area contributed by atoms with E-state index >= 15 is 0 Å². The van der Waals surface area contributed by atoms with Gasteiger partial charge in [0.05, 0.1) is 17.7 Å². The molecule has 0 radical (unpaired) electrons. The smallest absolute Gasteiger partial charge is 0.270 e. The first kappa shape index (κ1) is 16.5. The molecular formula is C17H12FNO3S2. The van der Waals surface area contributed by atoms with Gasteiger partial charge in [-0.1, -0.05) is 30.0 Å². The summed E-state index contributed by atoms with van der Waals surface area (Å²) < 4.78 is 18.5. The number of ether oxygens (including phenoxy) is 1. The summed E-state index contributed by atoms with van der Waals surface area (Å²) in [7, 11) is 1.45. The first-order valence-electron chi connectivity index (χ1n) is 6.90. The van der Waals surface area contributed by atoms with E-state index < -0.39 is 0 Å². The fraction of sp³-hybridized carbons (Fsp3) is 0.0588. The van der Waals surface area contributed by atoms with Gasteiger partial charge in [-0.05, 0) is 48.0 Å². The molecule has 1 heterocycles. The van der Waals surface area contributed by atoms with E-state index in [1.807, 2.05) is 0 Å². The Morgan fingerprint density at radius 2 is 1.96 bits per heavy atom. The molecule has 0 spiro atoms. The Kier molecular flexibility index (Phi) is 4.55. The maximum Gasteiger partial charge on any atom is 0.270 e. The minimum Gasteiger partial charge on any atom is -0.504 e. The lowest BCUT2D eigenvalue weighted by atomic mass is 10.2. The van der Waals surface area contributed by atoms with Crippen LogP contribution in [0.3, 0.4) is 0 Å². The number of methoxy groups -OCH3 is 1. The van der Waals surface area contributed by atoms with Gasteiger partial charge < -0.3 is 9.84 Å². The van der Waals surface area contributed by atoms with Crippen LogP contribution in [0.4, 0.5) is 10.1 Å². The van der Waals surface area contributed by atoms with Gasteiger partial charge >= 0.3 is 0 Å². The molecule has 122 valence electrons. The third kappa shape index (κ3) is 3.13. The summed E-state index contributed by atoms with van der Waals surface area (Å²) >= 11 is 6.43. The van der Waals surface area contributed by atoms with Gasteiger partial charge in [-0.3, -0.25) is 9.69 Å². The molecule has 2 aromatic carbocycles. The number of aromatic hydroxyl groups is 1. The molecule has 7 heteroatoms. The highest BCUT2D eigenvalue weighted by atomic mass is 32.2. The minimum absolute atomic E-state index is 0.0218. The Morgan fingerprint density at radius 1 is 1.25 bits per heavy atom. The van der Waals surface area contributed by atoms with Gasteiger partial charge in [0.15, 0.2) is 15.8 Å². The fourth-order valence-corrected chi connectivity index (χ4v) is 3.51. The summed E-state index contributed by atoms with van der Waals surface area (Å²) in [6, 6.07) is 10.4. The van der Waals surface area contributed by atoms with Crippen molar-refractivity contribution in [1.82, 2.24) is 0 Å². The molecule has 1 aliphatic heterocycles. The first-order chi connectivity index (χ1) is 11.5. The number of carbonyl (C=O) groups is 1. The molecule has 2 aromatic rings. The standard InChI is InChI=1S/C17H12FNO3S2/c1-22-14-8-10(2-7-13(14)20)9-15-16(21)19(17(23)24-15)12-5-3-11(18)4-6-12/h2-9,20H,1H3/b15-9-. The van der Waals surface area contributed by atoms with Crippen molar-refractivity contribution in [2.45, 2.75) is 0 Å². The Balaban J connectivity index is 1.92. The molecule has 0 unspecified atom stereocenters. The highest BCUT2D eigenvalue weighted by Crippen LogP contribution is 2.37. The van der Waals surface area contributed by atoms with Crippen LogP contribution in [-0.2, 0) is 4.79 Å². The van der Waals surface area contributed by atoms with Crippen LogP contribution >= 0.6 is 24.0 Å². The number of phenols is 1. The van der Waals surface area contributed by atoms with Gasteiger partial charge in [0.1, 0.15) is 5.82 Å². The van der Waals surface area contributed by atoms with Crippen molar-refractivity contribution in [3.8, 4) is 11.5 Å². The number of thioether (sulfide) groups is 1. The van der Waals surface area contributed by atoms with Crippen LogP contribution in [0.1, 0.15) is 5.56 Å². The monoisotopic (exact) mass is 361 g/mol. The van der Waals surface area contributed by atoms with Crippen LogP contribution in [0.15, 0.2) is 47.4 Å². The van der Waals surface area contributed by atoms with Crippen molar-refractivity contribution >= 4 is 46.0 Å². The van der Waals surface area contributed by atoms with Crippen LogP contribution in [0, 0.1) is 5.82 Å².